The van der Waals surface area contributed by atoms with Crippen LogP contribution in [0.3, 0.4) is 0 Å². The molecule has 3 aromatic rings. The summed E-state index contributed by atoms with van der Waals surface area (Å²) in [5.41, 5.74) is 3.34. The number of aromatic nitrogens is 2. The zero-order chi connectivity index (χ0) is 15.1. The van der Waals surface area contributed by atoms with Gasteiger partial charge in [0.15, 0.2) is 5.82 Å². The van der Waals surface area contributed by atoms with Crippen molar-refractivity contribution in [2.75, 3.05) is 0 Å². The molecule has 106 valence electrons. The molecule has 0 unspecified atom stereocenters. The standard InChI is InChI=1S/C16H11Cl3N2/c1-8-6-7-11(17)14-12(8)15(19)21-16(20-14)10-5-3-4-9(2)13(10)18/h3-7H,1-2H3. The second-order valence-electron chi connectivity index (χ2n) is 4.86. The number of hydrogen-bond acceptors (Lipinski definition) is 2. The van der Waals surface area contributed by atoms with Crippen molar-refractivity contribution in [3.63, 3.8) is 0 Å². The molecule has 0 saturated heterocycles. The number of fused-ring (bicyclic) bond motifs is 1. The Morgan fingerprint density at radius 2 is 1.62 bits per heavy atom. The normalized spacial score (nSPS) is 11.1. The van der Waals surface area contributed by atoms with Gasteiger partial charge in [0.2, 0.25) is 0 Å². The third-order valence-electron chi connectivity index (χ3n) is 3.40. The lowest BCUT2D eigenvalue weighted by atomic mass is 10.1. The van der Waals surface area contributed by atoms with Crippen LogP contribution < -0.4 is 0 Å². The molecule has 1 aromatic heterocycles. The van der Waals surface area contributed by atoms with Gasteiger partial charge < -0.3 is 0 Å². The first-order valence-electron chi connectivity index (χ1n) is 6.37. The molecular formula is C16H11Cl3N2. The number of hydrogen-bond donors (Lipinski definition) is 0. The average molecular weight is 338 g/mol. The highest BCUT2D eigenvalue weighted by atomic mass is 35.5. The second-order valence-corrected chi connectivity index (χ2v) is 6.01. The van der Waals surface area contributed by atoms with Crippen LogP contribution in [0.25, 0.3) is 22.3 Å². The fourth-order valence-corrected chi connectivity index (χ4v) is 2.99. The SMILES string of the molecule is Cc1cccc(-c2nc(Cl)c3c(C)ccc(Cl)c3n2)c1Cl. The van der Waals surface area contributed by atoms with Gasteiger partial charge in [-0.2, -0.15) is 0 Å². The van der Waals surface area contributed by atoms with Crippen LogP contribution in [-0.4, -0.2) is 9.97 Å². The molecule has 0 aliphatic heterocycles. The lowest BCUT2D eigenvalue weighted by molar-refractivity contribution is 1.22. The maximum atomic E-state index is 6.35. The monoisotopic (exact) mass is 336 g/mol. The van der Waals surface area contributed by atoms with Crippen molar-refractivity contribution in [3.8, 4) is 11.4 Å². The Labute approximate surface area is 137 Å². The minimum absolute atomic E-state index is 0.382. The Kier molecular flexibility index (Phi) is 3.78. The molecule has 1 heterocycles. The zero-order valence-electron chi connectivity index (χ0n) is 11.4. The Bertz CT molecular complexity index is 860. The van der Waals surface area contributed by atoms with E-state index in [1.54, 1.807) is 0 Å². The number of nitrogens with zero attached hydrogens (tertiary/aromatic N) is 2. The predicted octanol–water partition coefficient (Wildman–Crippen LogP) is 5.87. The van der Waals surface area contributed by atoms with Gasteiger partial charge in [0.05, 0.1) is 15.6 Å². The predicted molar refractivity (Wildman–Crippen MR) is 89.5 cm³/mol. The molecule has 5 heteroatoms. The maximum Gasteiger partial charge on any atom is 0.163 e. The van der Waals surface area contributed by atoms with Gasteiger partial charge in [-0.1, -0.05) is 53.0 Å². The van der Waals surface area contributed by atoms with E-state index in [9.17, 15) is 0 Å². The molecule has 0 fully saturated rings. The quantitative estimate of drug-likeness (QED) is 0.519. The van der Waals surface area contributed by atoms with E-state index in [1.165, 1.54) is 0 Å². The van der Waals surface area contributed by atoms with Crippen molar-refractivity contribution in [3.05, 3.63) is 56.7 Å². The molecule has 2 aromatic carbocycles. The van der Waals surface area contributed by atoms with Gasteiger partial charge in [0.1, 0.15) is 5.15 Å². The summed E-state index contributed by atoms with van der Waals surface area (Å²) in [5, 5.41) is 2.32. The van der Waals surface area contributed by atoms with E-state index >= 15 is 0 Å². The number of rotatable bonds is 1. The average Bonchev–Trinajstić information content (AvgIpc) is 2.45. The summed E-state index contributed by atoms with van der Waals surface area (Å²) >= 11 is 18.9. The van der Waals surface area contributed by atoms with Crippen molar-refractivity contribution in [1.29, 1.82) is 0 Å². The molecule has 0 bridgehead atoms. The summed E-state index contributed by atoms with van der Waals surface area (Å²) in [6, 6.07) is 9.43. The summed E-state index contributed by atoms with van der Waals surface area (Å²) in [6.07, 6.45) is 0. The van der Waals surface area contributed by atoms with Crippen LogP contribution >= 0.6 is 34.8 Å². The first-order valence-corrected chi connectivity index (χ1v) is 7.50. The third kappa shape index (κ3) is 2.48. The molecule has 0 aliphatic rings. The molecule has 0 amide bonds. The molecule has 2 nitrogen and oxygen atoms in total. The van der Waals surface area contributed by atoms with E-state index in [0.717, 1.165) is 22.1 Å². The topological polar surface area (TPSA) is 25.8 Å². The van der Waals surface area contributed by atoms with Crippen molar-refractivity contribution >= 4 is 45.7 Å². The summed E-state index contributed by atoms with van der Waals surface area (Å²) in [4.78, 5) is 8.94. The van der Waals surface area contributed by atoms with Crippen molar-refractivity contribution < 1.29 is 0 Å². The fourth-order valence-electron chi connectivity index (χ4n) is 2.26. The van der Waals surface area contributed by atoms with Gasteiger partial charge >= 0.3 is 0 Å². The molecule has 0 N–H and O–H groups in total. The Morgan fingerprint density at radius 3 is 2.38 bits per heavy atom. The fraction of sp³-hybridized carbons (Fsp3) is 0.125. The number of halogens is 3. The molecular weight excluding hydrogens is 327 g/mol. The van der Waals surface area contributed by atoms with Crippen LogP contribution in [0.1, 0.15) is 11.1 Å². The van der Waals surface area contributed by atoms with Crippen molar-refractivity contribution in [2.45, 2.75) is 13.8 Å². The van der Waals surface area contributed by atoms with Gasteiger partial charge in [0, 0.05) is 10.9 Å². The first-order chi connectivity index (χ1) is 9.99. The van der Waals surface area contributed by atoms with Crippen LogP contribution in [0.5, 0.6) is 0 Å². The number of aryl methyl sites for hydroxylation is 2. The summed E-state index contributed by atoms with van der Waals surface area (Å²) in [6.45, 7) is 3.89. The van der Waals surface area contributed by atoms with Gasteiger partial charge in [-0.3, -0.25) is 0 Å². The van der Waals surface area contributed by atoms with Gasteiger partial charge in [-0.15, -0.1) is 0 Å². The molecule has 3 rings (SSSR count). The highest BCUT2D eigenvalue weighted by Crippen LogP contribution is 2.34. The van der Waals surface area contributed by atoms with Gasteiger partial charge in [-0.05, 0) is 37.1 Å². The molecule has 0 saturated carbocycles. The first kappa shape index (κ1) is 14.6. The van der Waals surface area contributed by atoms with Crippen LogP contribution in [0.2, 0.25) is 15.2 Å². The number of benzene rings is 2. The smallest absolute Gasteiger partial charge is 0.163 e. The van der Waals surface area contributed by atoms with Gasteiger partial charge in [-0.25, -0.2) is 9.97 Å². The van der Waals surface area contributed by atoms with E-state index in [1.807, 2.05) is 44.2 Å². The van der Waals surface area contributed by atoms with Crippen molar-refractivity contribution in [1.82, 2.24) is 9.97 Å². The summed E-state index contributed by atoms with van der Waals surface area (Å²) in [5.74, 6) is 0.480. The lowest BCUT2D eigenvalue weighted by Gasteiger charge is -2.10. The van der Waals surface area contributed by atoms with E-state index in [4.69, 9.17) is 34.8 Å². The van der Waals surface area contributed by atoms with Crippen LogP contribution in [0.4, 0.5) is 0 Å². The summed E-state index contributed by atoms with van der Waals surface area (Å²) in [7, 11) is 0. The largest absolute Gasteiger partial charge is 0.226 e. The Hall–Kier alpha value is -1.35. The highest BCUT2D eigenvalue weighted by Gasteiger charge is 2.14. The minimum Gasteiger partial charge on any atom is -0.226 e. The maximum absolute atomic E-state index is 6.35. The van der Waals surface area contributed by atoms with E-state index in [-0.39, 0.29) is 0 Å². The van der Waals surface area contributed by atoms with E-state index < -0.39 is 0 Å². The lowest BCUT2D eigenvalue weighted by Crippen LogP contribution is -1.95. The second kappa shape index (κ2) is 5.45. The Morgan fingerprint density at radius 1 is 0.857 bits per heavy atom. The van der Waals surface area contributed by atoms with Crippen LogP contribution in [0.15, 0.2) is 30.3 Å². The minimum atomic E-state index is 0.382. The molecule has 0 atom stereocenters. The molecule has 21 heavy (non-hydrogen) atoms. The van der Waals surface area contributed by atoms with Crippen molar-refractivity contribution in [2.24, 2.45) is 0 Å². The Balaban J connectivity index is 2.36. The molecule has 0 spiro atoms. The summed E-state index contributed by atoms with van der Waals surface area (Å²) < 4.78 is 0. The van der Waals surface area contributed by atoms with Gasteiger partial charge in [0.25, 0.3) is 0 Å². The molecule has 0 aliphatic carbocycles. The van der Waals surface area contributed by atoms with Crippen LogP contribution in [-0.2, 0) is 0 Å². The highest BCUT2D eigenvalue weighted by molar-refractivity contribution is 6.39. The van der Waals surface area contributed by atoms with E-state index in [2.05, 4.69) is 9.97 Å². The zero-order valence-corrected chi connectivity index (χ0v) is 13.7. The van der Waals surface area contributed by atoms with Crippen LogP contribution in [0, 0.1) is 13.8 Å². The van der Waals surface area contributed by atoms with E-state index in [0.29, 0.717) is 26.5 Å². The third-order valence-corrected chi connectivity index (χ3v) is 4.48. The molecule has 0 radical (unpaired) electrons.